The van der Waals surface area contributed by atoms with Crippen molar-refractivity contribution in [3.05, 3.63) is 0 Å². The molecule has 128 valence electrons. The van der Waals surface area contributed by atoms with Crippen LogP contribution in [0.3, 0.4) is 0 Å². The standard InChI is InChI=1S/C17H35N5/c1-13(2)22-11-14(3)16(12-22)20-17(18-4)19-10-15-6-8-21(5)9-7-15/h13-16H,6-12H2,1-5H3,(H2,18,19,20). The maximum absolute atomic E-state index is 4.42. The summed E-state index contributed by atoms with van der Waals surface area (Å²) in [6, 6.07) is 1.13. The van der Waals surface area contributed by atoms with Crippen molar-refractivity contribution in [3.63, 3.8) is 0 Å². The Morgan fingerprint density at radius 3 is 2.45 bits per heavy atom. The number of rotatable bonds is 4. The first-order chi connectivity index (χ1) is 10.5. The Kier molecular flexibility index (Phi) is 6.50. The van der Waals surface area contributed by atoms with Crippen molar-refractivity contribution < 1.29 is 0 Å². The Morgan fingerprint density at radius 2 is 1.91 bits per heavy atom. The molecule has 2 aliphatic heterocycles. The van der Waals surface area contributed by atoms with Gasteiger partial charge in [0.25, 0.3) is 0 Å². The van der Waals surface area contributed by atoms with Crippen molar-refractivity contribution in [1.82, 2.24) is 20.4 Å². The van der Waals surface area contributed by atoms with Gasteiger partial charge in [-0.25, -0.2) is 0 Å². The van der Waals surface area contributed by atoms with E-state index in [0.717, 1.165) is 25.0 Å². The average Bonchev–Trinajstić information content (AvgIpc) is 2.86. The van der Waals surface area contributed by atoms with Crippen LogP contribution in [0.25, 0.3) is 0 Å². The van der Waals surface area contributed by atoms with Gasteiger partial charge in [0.2, 0.25) is 0 Å². The van der Waals surface area contributed by atoms with Crippen LogP contribution in [0.5, 0.6) is 0 Å². The van der Waals surface area contributed by atoms with Crippen LogP contribution in [0, 0.1) is 11.8 Å². The molecule has 0 spiro atoms. The smallest absolute Gasteiger partial charge is 0.191 e. The van der Waals surface area contributed by atoms with Crippen molar-refractivity contribution in [2.45, 2.75) is 45.7 Å². The summed E-state index contributed by atoms with van der Waals surface area (Å²) >= 11 is 0. The van der Waals surface area contributed by atoms with Crippen molar-refractivity contribution in [2.24, 2.45) is 16.8 Å². The molecule has 2 unspecified atom stereocenters. The molecular weight excluding hydrogens is 274 g/mol. The Hall–Kier alpha value is -0.810. The molecule has 0 radical (unpaired) electrons. The van der Waals surface area contributed by atoms with Gasteiger partial charge >= 0.3 is 0 Å². The van der Waals surface area contributed by atoms with Crippen LogP contribution in [0.4, 0.5) is 0 Å². The minimum atomic E-state index is 0.506. The number of piperidine rings is 1. The molecule has 0 amide bonds. The fourth-order valence-corrected chi connectivity index (χ4v) is 3.49. The second-order valence-corrected chi connectivity index (χ2v) is 7.48. The van der Waals surface area contributed by atoms with Gasteiger partial charge in [0.05, 0.1) is 0 Å². The van der Waals surface area contributed by atoms with Gasteiger partial charge < -0.3 is 15.5 Å². The molecule has 2 saturated heterocycles. The summed E-state index contributed by atoms with van der Waals surface area (Å²) < 4.78 is 0. The van der Waals surface area contributed by atoms with E-state index in [9.17, 15) is 0 Å². The highest BCUT2D eigenvalue weighted by atomic mass is 15.3. The van der Waals surface area contributed by atoms with Gasteiger partial charge in [-0.1, -0.05) is 6.92 Å². The first-order valence-corrected chi connectivity index (χ1v) is 8.89. The third-order valence-corrected chi connectivity index (χ3v) is 5.31. The molecule has 2 heterocycles. The predicted molar refractivity (Wildman–Crippen MR) is 94.4 cm³/mol. The van der Waals surface area contributed by atoms with E-state index in [4.69, 9.17) is 0 Å². The second kappa shape index (κ2) is 8.16. The molecule has 5 nitrogen and oxygen atoms in total. The molecule has 22 heavy (non-hydrogen) atoms. The highest BCUT2D eigenvalue weighted by Crippen LogP contribution is 2.19. The fourth-order valence-electron chi connectivity index (χ4n) is 3.49. The number of likely N-dealkylation sites (tertiary alicyclic amines) is 2. The maximum Gasteiger partial charge on any atom is 0.191 e. The van der Waals surface area contributed by atoms with E-state index in [1.807, 2.05) is 7.05 Å². The molecular formula is C17H35N5. The summed E-state index contributed by atoms with van der Waals surface area (Å²) in [7, 11) is 4.09. The van der Waals surface area contributed by atoms with E-state index in [1.54, 1.807) is 0 Å². The minimum Gasteiger partial charge on any atom is -0.356 e. The Labute approximate surface area is 136 Å². The van der Waals surface area contributed by atoms with Gasteiger partial charge in [-0.05, 0) is 58.7 Å². The predicted octanol–water partition coefficient (Wildman–Crippen LogP) is 1.22. The summed E-state index contributed by atoms with van der Waals surface area (Å²) in [6.45, 7) is 12.7. The highest BCUT2D eigenvalue weighted by Gasteiger charge is 2.31. The number of nitrogens with zero attached hydrogens (tertiary/aromatic N) is 3. The van der Waals surface area contributed by atoms with Crippen LogP contribution in [0.1, 0.15) is 33.6 Å². The van der Waals surface area contributed by atoms with Crippen molar-refractivity contribution in [2.75, 3.05) is 46.8 Å². The monoisotopic (exact) mass is 309 g/mol. The highest BCUT2D eigenvalue weighted by molar-refractivity contribution is 5.80. The number of aliphatic imine (C=N–C) groups is 1. The van der Waals surface area contributed by atoms with E-state index in [0.29, 0.717) is 18.0 Å². The Balaban J connectivity index is 1.75. The third kappa shape index (κ3) is 4.85. The SMILES string of the molecule is CN=C(NCC1CCN(C)CC1)NC1CN(C(C)C)CC1C. The quantitative estimate of drug-likeness (QED) is 0.605. The van der Waals surface area contributed by atoms with Crippen molar-refractivity contribution in [3.8, 4) is 0 Å². The normalized spacial score (nSPS) is 29.3. The fraction of sp³-hybridized carbons (Fsp3) is 0.941. The van der Waals surface area contributed by atoms with Gasteiger partial charge in [0, 0.05) is 38.8 Å². The lowest BCUT2D eigenvalue weighted by molar-refractivity contribution is 0.220. The number of nitrogens with one attached hydrogen (secondary N) is 2. The first-order valence-electron chi connectivity index (χ1n) is 8.89. The Bertz CT molecular complexity index is 360. The molecule has 0 aromatic carbocycles. The molecule has 0 bridgehead atoms. The molecule has 2 rings (SSSR count). The molecule has 5 heteroatoms. The van der Waals surface area contributed by atoms with Gasteiger partial charge in [0.1, 0.15) is 0 Å². The van der Waals surface area contributed by atoms with E-state index >= 15 is 0 Å². The number of hydrogen-bond acceptors (Lipinski definition) is 3. The lowest BCUT2D eigenvalue weighted by Crippen LogP contribution is -2.48. The third-order valence-electron chi connectivity index (χ3n) is 5.31. The van der Waals surface area contributed by atoms with Crippen LogP contribution in [-0.2, 0) is 0 Å². The van der Waals surface area contributed by atoms with Crippen LogP contribution < -0.4 is 10.6 Å². The molecule has 2 fully saturated rings. The van der Waals surface area contributed by atoms with Crippen molar-refractivity contribution in [1.29, 1.82) is 0 Å². The van der Waals surface area contributed by atoms with E-state index in [-0.39, 0.29) is 0 Å². The molecule has 2 atom stereocenters. The molecule has 2 N–H and O–H groups in total. The zero-order chi connectivity index (χ0) is 16.1. The van der Waals surface area contributed by atoms with Gasteiger partial charge in [-0.15, -0.1) is 0 Å². The maximum atomic E-state index is 4.42. The molecule has 0 saturated carbocycles. The Morgan fingerprint density at radius 1 is 1.23 bits per heavy atom. The van der Waals surface area contributed by atoms with Crippen LogP contribution in [0.15, 0.2) is 4.99 Å². The van der Waals surface area contributed by atoms with Crippen molar-refractivity contribution >= 4 is 5.96 Å². The summed E-state index contributed by atoms with van der Waals surface area (Å²) in [4.78, 5) is 9.39. The zero-order valence-corrected chi connectivity index (χ0v) is 15.1. The lowest BCUT2D eigenvalue weighted by atomic mass is 9.97. The van der Waals surface area contributed by atoms with E-state index < -0.39 is 0 Å². The summed E-state index contributed by atoms with van der Waals surface area (Å²) in [5.41, 5.74) is 0. The zero-order valence-electron chi connectivity index (χ0n) is 15.1. The molecule has 2 aliphatic rings. The van der Waals surface area contributed by atoms with E-state index in [2.05, 4.69) is 53.2 Å². The first kappa shape index (κ1) is 17.5. The van der Waals surface area contributed by atoms with E-state index in [1.165, 1.54) is 32.5 Å². The van der Waals surface area contributed by atoms with Gasteiger partial charge in [-0.3, -0.25) is 9.89 Å². The second-order valence-electron chi connectivity index (χ2n) is 7.48. The molecule has 0 aliphatic carbocycles. The number of guanidine groups is 1. The topological polar surface area (TPSA) is 42.9 Å². The minimum absolute atomic E-state index is 0.506. The summed E-state index contributed by atoms with van der Waals surface area (Å²) in [5, 5.41) is 7.18. The largest absolute Gasteiger partial charge is 0.356 e. The summed E-state index contributed by atoms with van der Waals surface area (Å²) in [6.07, 6.45) is 2.59. The number of hydrogen-bond donors (Lipinski definition) is 2. The van der Waals surface area contributed by atoms with Gasteiger partial charge in [-0.2, -0.15) is 0 Å². The molecule has 0 aromatic rings. The van der Waals surface area contributed by atoms with Crippen LogP contribution in [-0.4, -0.2) is 74.7 Å². The summed E-state index contributed by atoms with van der Waals surface area (Å²) in [5.74, 6) is 2.42. The lowest BCUT2D eigenvalue weighted by Gasteiger charge is -2.30. The van der Waals surface area contributed by atoms with Crippen LogP contribution in [0.2, 0.25) is 0 Å². The van der Waals surface area contributed by atoms with Gasteiger partial charge in [0.15, 0.2) is 5.96 Å². The molecule has 0 aromatic heterocycles. The van der Waals surface area contributed by atoms with Crippen LogP contribution >= 0.6 is 0 Å². The average molecular weight is 310 g/mol.